The van der Waals surface area contributed by atoms with Crippen molar-refractivity contribution in [1.29, 1.82) is 0 Å². The quantitative estimate of drug-likeness (QED) is 0.565. The summed E-state index contributed by atoms with van der Waals surface area (Å²) in [6.45, 7) is 2.23. The van der Waals surface area contributed by atoms with E-state index < -0.39 is 0 Å². The van der Waals surface area contributed by atoms with Gasteiger partial charge in [-0.25, -0.2) is 0 Å². The van der Waals surface area contributed by atoms with Crippen molar-refractivity contribution in [3.05, 3.63) is 11.3 Å². The molecule has 1 rings (SSSR count). The van der Waals surface area contributed by atoms with Crippen LogP contribution in [0.4, 0.5) is 0 Å². The number of hydrogen-bond donors (Lipinski definition) is 1. The van der Waals surface area contributed by atoms with Crippen LogP contribution in [-0.4, -0.2) is 7.05 Å². The molecule has 0 saturated carbocycles. The van der Waals surface area contributed by atoms with E-state index in [0.29, 0.717) is 0 Å². The molecule has 0 aromatic heterocycles. The molecule has 0 bridgehead atoms. The summed E-state index contributed by atoms with van der Waals surface area (Å²) in [5.41, 5.74) is 3.03. The minimum absolute atomic E-state index is 1.27. The Hall–Kier alpha value is -0.460. The standard InChI is InChI=1S/C8H15N/c1-7-5-3-4-6-8(7)9-2/h9H,3-6H2,1-2H3. The van der Waals surface area contributed by atoms with E-state index in [2.05, 4.69) is 12.2 Å². The van der Waals surface area contributed by atoms with Crippen LogP contribution in [0.1, 0.15) is 32.6 Å². The zero-order chi connectivity index (χ0) is 6.69. The summed E-state index contributed by atoms with van der Waals surface area (Å²) >= 11 is 0. The SMILES string of the molecule is CNC1=C(C)CCCC1. The van der Waals surface area contributed by atoms with Crippen LogP contribution >= 0.6 is 0 Å². The third-order valence-electron chi connectivity index (χ3n) is 2.05. The van der Waals surface area contributed by atoms with Gasteiger partial charge in [-0.1, -0.05) is 5.57 Å². The van der Waals surface area contributed by atoms with Gasteiger partial charge in [-0.2, -0.15) is 0 Å². The number of hydrogen-bond acceptors (Lipinski definition) is 1. The van der Waals surface area contributed by atoms with Crippen molar-refractivity contribution in [1.82, 2.24) is 5.32 Å². The van der Waals surface area contributed by atoms with Gasteiger partial charge in [0.05, 0.1) is 0 Å². The first-order chi connectivity index (χ1) is 4.34. The van der Waals surface area contributed by atoms with E-state index in [1.807, 2.05) is 7.05 Å². The van der Waals surface area contributed by atoms with Crippen LogP contribution in [0.5, 0.6) is 0 Å². The van der Waals surface area contributed by atoms with Crippen molar-refractivity contribution in [2.24, 2.45) is 0 Å². The lowest BCUT2D eigenvalue weighted by Gasteiger charge is -2.16. The predicted molar refractivity (Wildman–Crippen MR) is 40.2 cm³/mol. The Labute approximate surface area is 57.1 Å². The largest absolute Gasteiger partial charge is 0.391 e. The van der Waals surface area contributed by atoms with Gasteiger partial charge in [-0.05, 0) is 32.6 Å². The molecule has 52 valence electrons. The average molecular weight is 125 g/mol. The Kier molecular flexibility index (Phi) is 2.15. The van der Waals surface area contributed by atoms with Gasteiger partial charge in [0, 0.05) is 12.7 Å². The highest BCUT2D eigenvalue weighted by Crippen LogP contribution is 2.21. The molecular weight excluding hydrogens is 110 g/mol. The van der Waals surface area contributed by atoms with Gasteiger partial charge < -0.3 is 5.32 Å². The van der Waals surface area contributed by atoms with Crippen molar-refractivity contribution in [2.45, 2.75) is 32.6 Å². The van der Waals surface area contributed by atoms with Crippen LogP contribution in [-0.2, 0) is 0 Å². The molecule has 1 N–H and O–H groups in total. The molecule has 0 heterocycles. The van der Waals surface area contributed by atoms with E-state index in [4.69, 9.17) is 0 Å². The lowest BCUT2D eigenvalue weighted by molar-refractivity contribution is 0.639. The normalized spacial score (nSPS) is 20.2. The van der Waals surface area contributed by atoms with Gasteiger partial charge in [-0.3, -0.25) is 0 Å². The van der Waals surface area contributed by atoms with Crippen LogP contribution < -0.4 is 5.32 Å². The summed E-state index contributed by atoms with van der Waals surface area (Å²) in [5.74, 6) is 0. The maximum atomic E-state index is 3.23. The van der Waals surface area contributed by atoms with Gasteiger partial charge in [0.2, 0.25) is 0 Å². The lowest BCUT2D eigenvalue weighted by atomic mass is 9.98. The average Bonchev–Trinajstić information content (AvgIpc) is 1.89. The van der Waals surface area contributed by atoms with E-state index in [-0.39, 0.29) is 0 Å². The second-order valence-electron chi connectivity index (χ2n) is 2.72. The predicted octanol–water partition coefficient (Wildman–Crippen LogP) is 2.05. The molecule has 1 aliphatic carbocycles. The molecule has 0 spiro atoms. The molecule has 1 nitrogen and oxygen atoms in total. The first-order valence-corrected chi connectivity index (χ1v) is 3.71. The van der Waals surface area contributed by atoms with Crippen molar-refractivity contribution >= 4 is 0 Å². The van der Waals surface area contributed by atoms with Gasteiger partial charge in [-0.15, -0.1) is 0 Å². The second-order valence-corrected chi connectivity index (χ2v) is 2.72. The van der Waals surface area contributed by atoms with Crippen molar-refractivity contribution in [3.8, 4) is 0 Å². The van der Waals surface area contributed by atoms with Crippen LogP contribution in [0, 0.1) is 0 Å². The van der Waals surface area contributed by atoms with E-state index >= 15 is 0 Å². The first-order valence-electron chi connectivity index (χ1n) is 3.71. The smallest absolute Gasteiger partial charge is 0.00931 e. The Morgan fingerprint density at radius 1 is 1.22 bits per heavy atom. The highest BCUT2D eigenvalue weighted by molar-refractivity contribution is 5.12. The number of nitrogens with one attached hydrogen (secondary N) is 1. The molecule has 0 aromatic rings. The molecule has 1 aliphatic rings. The van der Waals surface area contributed by atoms with E-state index in [9.17, 15) is 0 Å². The Balaban J connectivity index is 2.59. The molecule has 0 aromatic carbocycles. The molecule has 1 heteroatoms. The van der Waals surface area contributed by atoms with Gasteiger partial charge in [0.15, 0.2) is 0 Å². The Morgan fingerprint density at radius 2 is 1.89 bits per heavy atom. The molecule has 9 heavy (non-hydrogen) atoms. The fourth-order valence-electron chi connectivity index (χ4n) is 1.39. The fraction of sp³-hybridized carbons (Fsp3) is 0.750. The molecule has 0 saturated heterocycles. The number of rotatable bonds is 1. The third kappa shape index (κ3) is 1.47. The zero-order valence-corrected chi connectivity index (χ0v) is 6.33. The van der Waals surface area contributed by atoms with Crippen molar-refractivity contribution < 1.29 is 0 Å². The van der Waals surface area contributed by atoms with Crippen molar-refractivity contribution in [2.75, 3.05) is 7.05 Å². The summed E-state index contributed by atoms with van der Waals surface area (Å²) in [6.07, 6.45) is 5.32. The van der Waals surface area contributed by atoms with Gasteiger partial charge in [0.1, 0.15) is 0 Å². The molecule has 0 amide bonds. The van der Waals surface area contributed by atoms with E-state index in [1.165, 1.54) is 31.4 Å². The summed E-state index contributed by atoms with van der Waals surface area (Å²) in [6, 6.07) is 0. The number of allylic oxidation sites excluding steroid dienone is 2. The monoisotopic (exact) mass is 125 g/mol. The van der Waals surface area contributed by atoms with Crippen LogP contribution in [0.25, 0.3) is 0 Å². The third-order valence-corrected chi connectivity index (χ3v) is 2.05. The first kappa shape index (κ1) is 6.66. The highest BCUT2D eigenvalue weighted by atomic mass is 14.8. The Bertz CT molecular complexity index is 125. The van der Waals surface area contributed by atoms with E-state index in [1.54, 1.807) is 5.57 Å². The molecule has 0 atom stereocenters. The van der Waals surface area contributed by atoms with Crippen molar-refractivity contribution in [3.63, 3.8) is 0 Å². The molecule has 0 unspecified atom stereocenters. The van der Waals surface area contributed by atoms with Crippen LogP contribution in [0.2, 0.25) is 0 Å². The summed E-state index contributed by atoms with van der Waals surface area (Å²) in [4.78, 5) is 0. The molecular formula is C8H15N. The topological polar surface area (TPSA) is 12.0 Å². The maximum Gasteiger partial charge on any atom is 0.00931 e. The molecule has 0 radical (unpaired) electrons. The molecule has 0 aliphatic heterocycles. The maximum absolute atomic E-state index is 3.23. The van der Waals surface area contributed by atoms with Gasteiger partial charge >= 0.3 is 0 Å². The summed E-state index contributed by atoms with van der Waals surface area (Å²) < 4.78 is 0. The fourth-order valence-corrected chi connectivity index (χ4v) is 1.39. The van der Waals surface area contributed by atoms with Crippen LogP contribution in [0.15, 0.2) is 11.3 Å². The summed E-state index contributed by atoms with van der Waals surface area (Å²) in [7, 11) is 2.02. The Morgan fingerprint density at radius 3 is 2.33 bits per heavy atom. The zero-order valence-electron chi connectivity index (χ0n) is 6.33. The van der Waals surface area contributed by atoms with Crippen LogP contribution in [0.3, 0.4) is 0 Å². The molecule has 0 fully saturated rings. The minimum atomic E-state index is 1.27. The summed E-state index contributed by atoms with van der Waals surface area (Å²) in [5, 5.41) is 3.23. The lowest BCUT2D eigenvalue weighted by Crippen LogP contribution is -2.11. The van der Waals surface area contributed by atoms with Gasteiger partial charge in [0.25, 0.3) is 0 Å². The highest BCUT2D eigenvalue weighted by Gasteiger charge is 2.05. The second kappa shape index (κ2) is 2.90. The van der Waals surface area contributed by atoms with E-state index in [0.717, 1.165) is 0 Å². The minimum Gasteiger partial charge on any atom is -0.391 e.